The summed E-state index contributed by atoms with van der Waals surface area (Å²) in [5.74, 6) is 6.91. The van der Waals surface area contributed by atoms with E-state index in [-0.39, 0.29) is 6.23 Å². The predicted molar refractivity (Wildman–Crippen MR) is 104 cm³/mol. The molecule has 1 unspecified atom stereocenters. The Hall–Kier alpha value is -1.69. The van der Waals surface area contributed by atoms with Crippen molar-refractivity contribution in [3.8, 4) is 11.8 Å². The Balaban J connectivity index is 1.87. The van der Waals surface area contributed by atoms with Crippen molar-refractivity contribution in [2.45, 2.75) is 25.5 Å². The largest absolute Gasteiger partial charge is 0.358 e. The molecule has 7 heteroatoms. The van der Waals surface area contributed by atoms with Gasteiger partial charge in [-0.15, -0.1) is 0 Å². The molecule has 1 atom stereocenters. The minimum Gasteiger partial charge on any atom is -0.358 e. The molecule has 1 saturated heterocycles. The first-order valence-corrected chi connectivity index (χ1v) is 9.48. The number of hydrogen-bond donors (Lipinski definition) is 0. The topological polar surface area (TPSA) is 52.8 Å². The lowest BCUT2D eigenvalue weighted by Crippen LogP contribution is -2.19. The third-order valence-corrected chi connectivity index (χ3v) is 4.75. The Morgan fingerprint density at radius 3 is 2.72 bits per heavy atom. The molecule has 3 heterocycles. The molecule has 0 N–H and O–H groups in total. The molecule has 1 aromatic carbocycles. The van der Waals surface area contributed by atoms with Crippen molar-refractivity contribution in [3.05, 3.63) is 50.7 Å². The van der Waals surface area contributed by atoms with Gasteiger partial charge >= 0.3 is 0 Å². The second kappa shape index (κ2) is 7.28. The molecular weight excluding hydrogens is 451 g/mol. The summed E-state index contributed by atoms with van der Waals surface area (Å²) in [6.07, 6.45) is 2.96. The summed E-state index contributed by atoms with van der Waals surface area (Å²) in [7, 11) is 0. The number of rotatable bonds is 1. The summed E-state index contributed by atoms with van der Waals surface area (Å²) >= 11 is 8.34. The van der Waals surface area contributed by atoms with Crippen molar-refractivity contribution in [1.82, 2.24) is 19.5 Å². The van der Waals surface area contributed by atoms with Gasteiger partial charge in [-0.25, -0.2) is 15.0 Å². The van der Waals surface area contributed by atoms with E-state index < -0.39 is 0 Å². The Morgan fingerprint density at radius 2 is 1.96 bits per heavy atom. The standard InChI is InChI=1S/C18H14ClIN4O/c19-16-15-17(23-18(20)22-16)24(14-8-4-5-11-25-14)13(21-15)10-9-12-6-2-1-3-7-12/h1-3,6-7,14H,4-5,8,11H2. The Morgan fingerprint density at radius 1 is 1.12 bits per heavy atom. The van der Waals surface area contributed by atoms with E-state index in [0.717, 1.165) is 31.4 Å². The van der Waals surface area contributed by atoms with E-state index in [9.17, 15) is 0 Å². The summed E-state index contributed by atoms with van der Waals surface area (Å²) in [6, 6.07) is 9.82. The van der Waals surface area contributed by atoms with Gasteiger partial charge in [0.15, 0.2) is 20.5 Å². The lowest BCUT2D eigenvalue weighted by atomic mass is 10.2. The van der Waals surface area contributed by atoms with Crippen molar-refractivity contribution in [3.63, 3.8) is 0 Å². The van der Waals surface area contributed by atoms with Crippen LogP contribution in [0.25, 0.3) is 11.2 Å². The van der Waals surface area contributed by atoms with Gasteiger partial charge in [0, 0.05) is 34.8 Å². The normalized spacial score (nSPS) is 17.3. The molecule has 0 amide bonds. The summed E-state index contributed by atoms with van der Waals surface area (Å²) < 4.78 is 8.49. The quantitative estimate of drug-likeness (QED) is 0.235. The molecule has 0 aliphatic carbocycles. The average Bonchev–Trinajstić information content (AvgIpc) is 3.00. The predicted octanol–water partition coefficient (Wildman–Crippen LogP) is 4.18. The first kappa shape index (κ1) is 16.8. The van der Waals surface area contributed by atoms with Gasteiger partial charge < -0.3 is 4.74 Å². The van der Waals surface area contributed by atoms with Crippen LogP contribution in [-0.2, 0) is 4.74 Å². The highest BCUT2D eigenvalue weighted by molar-refractivity contribution is 14.1. The first-order valence-electron chi connectivity index (χ1n) is 8.02. The Bertz CT molecular complexity index is 971. The number of hydrogen-bond acceptors (Lipinski definition) is 4. The number of nitrogens with zero attached hydrogens (tertiary/aromatic N) is 4. The smallest absolute Gasteiger partial charge is 0.194 e. The molecule has 2 aromatic heterocycles. The molecule has 1 aliphatic heterocycles. The third-order valence-electron chi connectivity index (χ3n) is 4.01. The minimum absolute atomic E-state index is 0.124. The number of imidazole rings is 1. The number of fused-ring (bicyclic) bond motifs is 1. The van der Waals surface area contributed by atoms with Crippen molar-refractivity contribution in [2.24, 2.45) is 0 Å². The molecule has 1 fully saturated rings. The van der Waals surface area contributed by atoms with Crippen LogP contribution < -0.4 is 0 Å². The van der Waals surface area contributed by atoms with Crippen LogP contribution in [0.1, 0.15) is 36.9 Å². The van der Waals surface area contributed by atoms with E-state index >= 15 is 0 Å². The lowest BCUT2D eigenvalue weighted by molar-refractivity contribution is -0.0302. The maximum absolute atomic E-state index is 6.28. The number of aromatic nitrogens is 4. The average molecular weight is 465 g/mol. The van der Waals surface area contributed by atoms with Gasteiger partial charge in [-0.1, -0.05) is 35.7 Å². The molecular formula is C18H14ClIN4O. The molecule has 126 valence electrons. The maximum atomic E-state index is 6.28. The van der Waals surface area contributed by atoms with Crippen molar-refractivity contribution < 1.29 is 4.74 Å². The summed E-state index contributed by atoms with van der Waals surface area (Å²) in [5, 5.41) is 0.340. The summed E-state index contributed by atoms with van der Waals surface area (Å²) in [5.41, 5.74) is 2.17. The van der Waals surface area contributed by atoms with Gasteiger partial charge in [0.1, 0.15) is 11.7 Å². The van der Waals surface area contributed by atoms with E-state index in [4.69, 9.17) is 16.3 Å². The van der Waals surface area contributed by atoms with Gasteiger partial charge in [0.2, 0.25) is 0 Å². The lowest BCUT2D eigenvalue weighted by Gasteiger charge is -2.24. The van der Waals surface area contributed by atoms with E-state index in [0.29, 0.717) is 26.0 Å². The fraction of sp³-hybridized carbons (Fsp3) is 0.278. The molecule has 1 aliphatic rings. The van der Waals surface area contributed by atoms with E-state index in [1.165, 1.54) is 0 Å². The maximum Gasteiger partial charge on any atom is 0.194 e. The van der Waals surface area contributed by atoms with Crippen LogP contribution in [0.5, 0.6) is 0 Å². The highest BCUT2D eigenvalue weighted by Crippen LogP contribution is 2.30. The van der Waals surface area contributed by atoms with Crippen LogP contribution in [-0.4, -0.2) is 26.1 Å². The van der Waals surface area contributed by atoms with E-state index in [1.807, 2.05) is 34.9 Å². The van der Waals surface area contributed by atoms with Crippen molar-refractivity contribution in [2.75, 3.05) is 6.61 Å². The monoisotopic (exact) mass is 464 g/mol. The van der Waals surface area contributed by atoms with Crippen LogP contribution in [0.2, 0.25) is 5.15 Å². The molecule has 0 radical (unpaired) electrons. The summed E-state index contributed by atoms with van der Waals surface area (Å²) in [6.45, 7) is 0.728. The molecule has 4 rings (SSSR count). The molecule has 25 heavy (non-hydrogen) atoms. The van der Waals surface area contributed by atoms with Gasteiger partial charge in [-0.05, 0) is 37.3 Å². The zero-order valence-corrected chi connectivity index (χ0v) is 16.2. The molecule has 0 saturated carbocycles. The van der Waals surface area contributed by atoms with Crippen LogP contribution in [0.3, 0.4) is 0 Å². The van der Waals surface area contributed by atoms with Crippen LogP contribution >= 0.6 is 34.2 Å². The van der Waals surface area contributed by atoms with Crippen LogP contribution in [0, 0.1) is 15.7 Å². The number of halogens is 2. The van der Waals surface area contributed by atoms with Crippen LogP contribution in [0.15, 0.2) is 30.3 Å². The minimum atomic E-state index is -0.124. The highest BCUT2D eigenvalue weighted by atomic mass is 127. The first-order chi connectivity index (χ1) is 12.2. The van der Waals surface area contributed by atoms with E-state index in [1.54, 1.807) is 0 Å². The van der Waals surface area contributed by atoms with Gasteiger partial charge in [-0.2, -0.15) is 0 Å². The zero-order chi connectivity index (χ0) is 17.2. The fourth-order valence-electron chi connectivity index (χ4n) is 2.85. The van der Waals surface area contributed by atoms with Crippen molar-refractivity contribution >= 4 is 45.4 Å². The van der Waals surface area contributed by atoms with Crippen molar-refractivity contribution in [1.29, 1.82) is 0 Å². The molecule has 5 nitrogen and oxygen atoms in total. The Kier molecular flexibility index (Phi) is 4.88. The molecule has 3 aromatic rings. The van der Waals surface area contributed by atoms with E-state index in [2.05, 4.69) is 49.4 Å². The zero-order valence-electron chi connectivity index (χ0n) is 13.2. The fourth-order valence-corrected chi connectivity index (χ4v) is 3.67. The molecule has 0 bridgehead atoms. The number of benzene rings is 1. The summed E-state index contributed by atoms with van der Waals surface area (Å²) in [4.78, 5) is 13.3. The van der Waals surface area contributed by atoms with Gasteiger partial charge in [0.25, 0.3) is 0 Å². The highest BCUT2D eigenvalue weighted by Gasteiger charge is 2.24. The number of ether oxygens (including phenoxy) is 1. The molecule has 0 spiro atoms. The second-order valence-corrected chi connectivity index (χ2v) is 7.02. The van der Waals surface area contributed by atoms with Gasteiger partial charge in [-0.3, -0.25) is 4.57 Å². The Labute approximate surface area is 163 Å². The second-order valence-electron chi connectivity index (χ2n) is 5.70. The SMILES string of the molecule is Clc1nc(I)nc2c1nc(C#Cc1ccccc1)n2C1CCCCO1. The van der Waals surface area contributed by atoms with Crippen LogP contribution in [0.4, 0.5) is 0 Å². The third kappa shape index (κ3) is 3.50. The van der Waals surface area contributed by atoms with Gasteiger partial charge in [0.05, 0.1) is 0 Å².